The monoisotopic (exact) mass is 241 g/mol. The van der Waals surface area contributed by atoms with Crippen LogP contribution in [0.15, 0.2) is 42.0 Å². The van der Waals surface area contributed by atoms with Crippen LogP contribution in [0, 0.1) is 0 Å². The van der Waals surface area contributed by atoms with E-state index >= 15 is 0 Å². The Morgan fingerprint density at radius 3 is 2.89 bits per heavy atom. The summed E-state index contributed by atoms with van der Waals surface area (Å²) < 4.78 is 2.39. The maximum absolute atomic E-state index is 3.55. The summed E-state index contributed by atoms with van der Waals surface area (Å²) in [5, 5.41) is 0. The summed E-state index contributed by atoms with van der Waals surface area (Å²) in [5.41, 5.74) is 8.03. The van der Waals surface area contributed by atoms with Gasteiger partial charge in [0.15, 0.2) is 6.54 Å². The first-order valence-electron chi connectivity index (χ1n) is 7.04. The smallest absolute Gasteiger partial charge is 0.198 e. The Kier molecular flexibility index (Phi) is 3.44. The van der Waals surface area contributed by atoms with Crippen molar-refractivity contribution < 1.29 is 4.68 Å². The van der Waals surface area contributed by atoms with E-state index < -0.39 is 0 Å². The van der Waals surface area contributed by atoms with Crippen molar-refractivity contribution in [2.24, 2.45) is 0 Å². The number of hydrogen-bond donors (Lipinski definition) is 1. The summed E-state index contributed by atoms with van der Waals surface area (Å²) in [7, 11) is 0. The van der Waals surface area contributed by atoms with Crippen molar-refractivity contribution in [3.63, 3.8) is 0 Å². The van der Waals surface area contributed by atoms with Gasteiger partial charge in [-0.05, 0) is 18.4 Å². The van der Waals surface area contributed by atoms with Crippen molar-refractivity contribution >= 4 is 5.71 Å². The first-order chi connectivity index (χ1) is 8.93. The molecule has 1 N–H and O–H groups in total. The highest BCUT2D eigenvalue weighted by Gasteiger charge is 2.25. The summed E-state index contributed by atoms with van der Waals surface area (Å²) in [5.74, 6) is 0. The van der Waals surface area contributed by atoms with Gasteiger partial charge in [0, 0.05) is 24.8 Å². The van der Waals surface area contributed by atoms with E-state index in [0.29, 0.717) is 0 Å². The molecule has 0 saturated heterocycles. The molecule has 0 spiro atoms. The highest BCUT2D eigenvalue weighted by molar-refractivity contribution is 5.97. The first kappa shape index (κ1) is 11.5. The molecule has 2 nitrogen and oxygen atoms in total. The number of nitrogens with zero attached hydrogens (tertiary/aromatic N) is 1. The quantitative estimate of drug-likeness (QED) is 0.787. The van der Waals surface area contributed by atoms with Crippen LogP contribution in [0.25, 0.3) is 0 Å². The third-order valence-corrected chi connectivity index (χ3v) is 3.82. The number of hydrazone groups is 1. The number of rotatable bonds is 2. The van der Waals surface area contributed by atoms with Crippen LogP contribution in [-0.4, -0.2) is 23.5 Å². The molecule has 0 aliphatic carbocycles. The van der Waals surface area contributed by atoms with Crippen LogP contribution in [0.1, 0.15) is 31.2 Å². The number of nitrogens with one attached hydrogen (secondary N) is 1. The van der Waals surface area contributed by atoms with Crippen molar-refractivity contribution in [1.29, 1.82) is 0 Å². The lowest BCUT2D eigenvalue weighted by Gasteiger charge is -2.14. The summed E-state index contributed by atoms with van der Waals surface area (Å²) in [6.07, 6.45) is 8.51. The minimum Gasteiger partial charge on any atom is -0.198 e. The zero-order valence-corrected chi connectivity index (χ0v) is 10.9. The van der Waals surface area contributed by atoms with E-state index in [2.05, 4.69) is 46.5 Å². The van der Waals surface area contributed by atoms with Gasteiger partial charge in [0.05, 0.1) is 6.54 Å². The average Bonchev–Trinajstić information content (AvgIpc) is 2.66. The van der Waals surface area contributed by atoms with E-state index in [-0.39, 0.29) is 0 Å². The lowest BCUT2D eigenvalue weighted by Crippen LogP contribution is -2.37. The summed E-state index contributed by atoms with van der Waals surface area (Å²) in [6.45, 7) is 2.26. The minimum absolute atomic E-state index is 1.08. The van der Waals surface area contributed by atoms with Crippen LogP contribution in [0.3, 0.4) is 0 Å². The molecule has 0 fully saturated rings. The van der Waals surface area contributed by atoms with Gasteiger partial charge in [-0.2, -0.15) is 5.43 Å². The highest BCUT2D eigenvalue weighted by atomic mass is 15.4. The Morgan fingerprint density at radius 1 is 1.11 bits per heavy atom. The second-order valence-corrected chi connectivity index (χ2v) is 5.14. The SMILES string of the molecule is C1=C(Cc2ccccc2)C2=[N+](CC1)NCCCC2. The second kappa shape index (κ2) is 5.38. The van der Waals surface area contributed by atoms with E-state index in [1.165, 1.54) is 42.5 Å². The fraction of sp³-hybridized carbons (Fsp3) is 0.438. The van der Waals surface area contributed by atoms with Gasteiger partial charge in [0.1, 0.15) is 0 Å². The molecule has 0 bridgehead atoms. The van der Waals surface area contributed by atoms with Gasteiger partial charge in [0.2, 0.25) is 5.71 Å². The Balaban J connectivity index is 1.83. The average molecular weight is 241 g/mol. The lowest BCUT2D eigenvalue weighted by atomic mass is 9.95. The van der Waals surface area contributed by atoms with Crippen molar-refractivity contribution in [3.8, 4) is 0 Å². The molecule has 0 radical (unpaired) electrons. The van der Waals surface area contributed by atoms with Gasteiger partial charge in [0.25, 0.3) is 0 Å². The molecule has 94 valence electrons. The van der Waals surface area contributed by atoms with Crippen LogP contribution in [0.4, 0.5) is 0 Å². The molecule has 2 aliphatic rings. The van der Waals surface area contributed by atoms with Crippen LogP contribution < -0.4 is 5.43 Å². The van der Waals surface area contributed by atoms with Gasteiger partial charge in [-0.1, -0.05) is 36.4 Å². The Hall–Kier alpha value is -1.57. The molecule has 0 unspecified atom stereocenters. The Labute approximate surface area is 109 Å². The van der Waals surface area contributed by atoms with Crippen LogP contribution in [0.5, 0.6) is 0 Å². The van der Waals surface area contributed by atoms with Gasteiger partial charge < -0.3 is 0 Å². The fourth-order valence-electron chi connectivity index (χ4n) is 2.89. The van der Waals surface area contributed by atoms with Gasteiger partial charge in [-0.3, -0.25) is 0 Å². The number of hydrogen-bond acceptors (Lipinski definition) is 1. The van der Waals surface area contributed by atoms with Crippen molar-refractivity contribution in [2.75, 3.05) is 13.1 Å². The normalized spacial score (nSPS) is 19.7. The summed E-state index contributed by atoms with van der Waals surface area (Å²) in [4.78, 5) is 0. The molecule has 2 aliphatic heterocycles. The molecule has 0 atom stereocenters. The predicted molar refractivity (Wildman–Crippen MR) is 74.8 cm³/mol. The van der Waals surface area contributed by atoms with Crippen LogP contribution in [-0.2, 0) is 6.42 Å². The van der Waals surface area contributed by atoms with E-state index in [9.17, 15) is 0 Å². The zero-order chi connectivity index (χ0) is 12.2. The number of hydrazine groups is 1. The minimum atomic E-state index is 1.08. The molecule has 0 aromatic heterocycles. The third-order valence-electron chi connectivity index (χ3n) is 3.82. The largest absolute Gasteiger partial charge is 0.208 e. The molecule has 18 heavy (non-hydrogen) atoms. The van der Waals surface area contributed by atoms with Gasteiger partial charge in [-0.25, -0.2) is 0 Å². The second-order valence-electron chi connectivity index (χ2n) is 5.14. The summed E-state index contributed by atoms with van der Waals surface area (Å²) in [6, 6.07) is 10.8. The van der Waals surface area contributed by atoms with E-state index in [1.807, 2.05) is 0 Å². The van der Waals surface area contributed by atoms with E-state index in [4.69, 9.17) is 0 Å². The van der Waals surface area contributed by atoms with Crippen molar-refractivity contribution in [3.05, 3.63) is 47.5 Å². The molecule has 1 aromatic rings. The molecular weight excluding hydrogens is 220 g/mol. The number of benzene rings is 1. The van der Waals surface area contributed by atoms with E-state index in [0.717, 1.165) is 19.5 Å². The standard InChI is InChI=1S/C16H21N2/c1-2-7-14(8-3-1)13-15-9-6-12-18-16(15)10-4-5-11-17-18/h1-3,7-9,17H,4-6,10-13H2/q+1. The zero-order valence-electron chi connectivity index (χ0n) is 10.9. The Morgan fingerprint density at radius 2 is 2.00 bits per heavy atom. The maximum Gasteiger partial charge on any atom is 0.208 e. The Bertz CT molecular complexity index is 471. The molecule has 2 heteroatoms. The highest BCUT2D eigenvalue weighted by Crippen LogP contribution is 2.18. The van der Waals surface area contributed by atoms with Gasteiger partial charge >= 0.3 is 0 Å². The number of allylic oxidation sites excluding steroid dienone is 1. The van der Waals surface area contributed by atoms with E-state index in [1.54, 1.807) is 0 Å². The van der Waals surface area contributed by atoms with Crippen LogP contribution in [0.2, 0.25) is 0 Å². The molecule has 0 amide bonds. The molecule has 2 heterocycles. The summed E-state index contributed by atoms with van der Waals surface area (Å²) >= 11 is 0. The molecule has 0 saturated carbocycles. The molecule has 1 aromatic carbocycles. The lowest BCUT2D eigenvalue weighted by molar-refractivity contribution is -0.587. The fourth-order valence-corrected chi connectivity index (χ4v) is 2.89. The first-order valence-corrected chi connectivity index (χ1v) is 7.04. The van der Waals surface area contributed by atoms with Gasteiger partial charge in [-0.15, -0.1) is 4.68 Å². The van der Waals surface area contributed by atoms with Crippen molar-refractivity contribution in [2.45, 2.75) is 32.1 Å². The molecular formula is C16H21N2+. The van der Waals surface area contributed by atoms with Crippen LogP contribution >= 0.6 is 0 Å². The third kappa shape index (κ3) is 2.47. The van der Waals surface area contributed by atoms with Crippen molar-refractivity contribution in [1.82, 2.24) is 5.43 Å². The topological polar surface area (TPSA) is 15.0 Å². The predicted octanol–water partition coefficient (Wildman–Crippen LogP) is 2.70. The maximum atomic E-state index is 3.55. The molecule has 3 rings (SSSR count).